The van der Waals surface area contributed by atoms with Crippen LogP contribution in [0.2, 0.25) is 0 Å². The highest BCUT2D eigenvalue weighted by Crippen LogP contribution is 2.34. The molecule has 1 saturated heterocycles. The number of carbonyl (C=O) groups is 2. The highest BCUT2D eigenvalue weighted by atomic mass is 16.6. The standard InChI is InChI=1S/C22H21N3O5/c1-30-18-10-4-15(5-11-18)14-24-21(26)19(16-6-8-17(9-7-16)25(28)29)20(22(24)27)23-12-2-3-13-23/h4-11H,2-3,12-14H2,1H3. The minimum absolute atomic E-state index is 0.0612. The van der Waals surface area contributed by atoms with E-state index >= 15 is 0 Å². The number of imide groups is 1. The average molecular weight is 407 g/mol. The van der Waals surface area contributed by atoms with Gasteiger partial charge in [0.1, 0.15) is 11.4 Å². The number of hydrogen-bond donors (Lipinski definition) is 0. The van der Waals surface area contributed by atoms with Crippen LogP contribution >= 0.6 is 0 Å². The number of non-ortho nitro benzene ring substituents is 1. The summed E-state index contributed by atoms with van der Waals surface area (Å²) in [6.45, 7) is 1.57. The van der Waals surface area contributed by atoms with Crippen molar-refractivity contribution in [2.24, 2.45) is 0 Å². The maximum atomic E-state index is 13.3. The second-order valence-corrected chi connectivity index (χ2v) is 7.27. The van der Waals surface area contributed by atoms with E-state index in [1.165, 1.54) is 29.2 Å². The maximum Gasteiger partial charge on any atom is 0.278 e. The quantitative estimate of drug-likeness (QED) is 0.415. The molecule has 2 amide bonds. The van der Waals surface area contributed by atoms with Crippen molar-refractivity contribution in [1.29, 1.82) is 0 Å². The van der Waals surface area contributed by atoms with Gasteiger partial charge in [-0.3, -0.25) is 24.6 Å². The minimum Gasteiger partial charge on any atom is -0.497 e. The lowest BCUT2D eigenvalue weighted by atomic mass is 10.0. The molecule has 0 bridgehead atoms. The van der Waals surface area contributed by atoms with E-state index in [9.17, 15) is 19.7 Å². The fraction of sp³-hybridized carbons (Fsp3) is 0.273. The van der Waals surface area contributed by atoms with Crippen molar-refractivity contribution in [2.75, 3.05) is 20.2 Å². The maximum absolute atomic E-state index is 13.3. The average Bonchev–Trinajstić information content (AvgIpc) is 3.37. The third-order valence-corrected chi connectivity index (χ3v) is 5.43. The molecule has 0 atom stereocenters. The number of nitro benzene ring substituents is 1. The first-order valence-corrected chi connectivity index (χ1v) is 9.73. The number of nitro groups is 1. The molecule has 8 heteroatoms. The molecule has 154 valence electrons. The zero-order valence-corrected chi connectivity index (χ0v) is 16.5. The molecule has 4 rings (SSSR count). The Hall–Kier alpha value is -3.68. The fourth-order valence-electron chi connectivity index (χ4n) is 3.86. The van der Waals surface area contributed by atoms with Gasteiger partial charge in [0.25, 0.3) is 17.5 Å². The van der Waals surface area contributed by atoms with Crippen LogP contribution < -0.4 is 4.74 Å². The summed E-state index contributed by atoms with van der Waals surface area (Å²) in [4.78, 5) is 40.2. The first kappa shape index (κ1) is 19.6. The van der Waals surface area contributed by atoms with Crippen LogP contribution in [0.5, 0.6) is 5.75 Å². The smallest absolute Gasteiger partial charge is 0.278 e. The number of rotatable bonds is 6. The molecule has 0 saturated carbocycles. The lowest BCUT2D eigenvalue weighted by Gasteiger charge is -2.20. The predicted molar refractivity (Wildman–Crippen MR) is 109 cm³/mol. The first-order valence-electron chi connectivity index (χ1n) is 9.73. The number of ether oxygens (including phenoxy) is 1. The molecule has 2 aliphatic heterocycles. The Kier molecular flexibility index (Phi) is 5.22. The zero-order chi connectivity index (χ0) is 21.3. The SMILES string of the molecule is COc1ccc(CN2C(=O)C(c3ccc([N+](=O)[O-])cc3)=C(N3CCCC3)C2=O)cc1. The van der Waals surface area contributed by atoms with Crippen LogP contribution in [-0.2, 0) is 16.1 Å². The van der Waals surface area contributed by atoms with Crippen molar-refractivity contribution in [3.63, 3.8) is 0 Å². The highest BCUT2D eigenvalue weighted by molar-refractivity contribution is 6.35. The van der Waals surface area contributed by atoms with Crippen LogP contribution in [0.1, 0.15) is 24.0 Å². The number of nitrogens with zero attached hydrogens (tertiary/aromatic N) is 3. The topological polar surface area (TPSA) is 93.0 Å². The van der Waals surface area contributed by atoms with Gasteiger partial charge in [0.2, 0.25) is 0 Å². The second kappa shape index (κ2) is 7.98. The van der Waals surface area contributed by atoms with Gasteiger partial charge < -0.3 is 9.64 Å². The number of likely N-dealkylation sites (tertiary alicyclic amines) is 1. The summed E-state index contributed by atoms with van der Waals surface area (Å²) in [6.07, 6.45) is 1.91. The lowest BCUT2D eigenvalue weighted by Crippen LogP contribution is -2.34. The zero-order valence-electron chi connectivity index (χ0n) is 16.5. The number of carbonyl (C=O) groups excluding carboxylic acids is 2. The van der Waals surface area contributed by atoms with Gasteiger partial charge in [-0.15, -0.1) is 0 Å². The van der Waals surface area contributed by atoms with Gasteiger partial charge in [-0.25, -0.2) is 0 Å². The van der Waals surface area contributed by atoms with E-state index in [-0.39, 0.29) is 24.0 Å². The van der Waals surface area contributed by atoms with Gasteiger partial charge in [0.05, 0.1) is 24.2 Å². The Bertz CT molecular complexity index is 1020. The number of amides is 2. The van der Waals surface area contributed by atoms with Crippen molar-refractivity contribution < 1.29 is 19.2 Å². The van der Waals surface area contributed by atoms with Gasteiger partial charge in [0, 0.05) is 25.2 Å². The Morgan fingerprint density at radius 2 is 1.60 bits per heavy atom. The Morgan fingerprint density at radius 1 is 0.967 bits per heavy atom. The second-order valence-electron chi connectivity index (χ2n) is 7.27. The lowest BCUT2D eigenvalue weighted by molar-refractivity contribution is -0.384. The van der Waals surface area contributed by atoms with Gasteiger partial charge in [0.15, 0.2) is 0 Å². The third-order valence-electron chi connectivity index (χ3n) is 5.43. The van der Waals surface area contributed by atoms with Crippen LogP contribution in [0, 0.1) is 10.1 Å². The number of methoxy groups -OCH3 is 1. The summed E-state index contributed by atoms with van der Waals surface area (Å²) in [6, 6.07) is 13.0. The molecule has 0 N–H and O–H groups in total. The Balaban J connectivity index is 1.69. The van der Waals surface area contributed by atoms with E-state index < -0.39 is 4.92 Å². The monoisotopic (exact) mass is 407 g/mol. The summed E-state index contributed by atoms with van der Waals surface area (Å²) in [5.41, 5.74) is 1.96. The first-order chi connectivity index (χ1) is 14.5. The molecule has 0 radical (unpaired) electrons. The molecule has 0 spiro atoms. The van der Waals surface area contributed by atoms with Crippen molar-refractivity contribution in [3.8, 4) is 5.75 Å². The van der Waals surface area contributed by atoms with Gasteiger partial charge in [-0.1, -0.05) is 12.1 Å². The van der Waals surface area contributed by atoms with Crippen molar-refractivity contribution in [3.05, 3.63) is 75.5 Å². The van der Waals surface area contributed by atoms with Crippen LogP contribution in [0.3, 0.4) is 0 Å². The number of hydrogen-bond acceptors (Lipinski definition) is 6. The van der Waals surface area contributed by atoms with E-state index in [1.54, 1.807) is 19.2 Å². The number of benzene rings is 2. The van der Waals surface area contributed by atoms with E-state index in [4.69, 9.17) is 4.74 Å². The van der Waals surface area contributed by atoms with E-state index in [2.05, 4.69) is 0 Å². The van der Waals surface area contributed by atoms with Gasteiger partial charge >= 0.3 is 0 Å². The molecule has 2 heterocycles. The summed E-state index contributed by atoms with van der Waals surface area (Å²) in [5.74, 6) is -0.0158. The predicted octanol–water partition coefficient (Wildman–Crippen LogP) is 2.98. The summed E-state index contributed by atoms with van der Waals surface area (Å²) >= 11 is 0. The molecule has 1 fully saturated rings. The van der Waals surface area contributed by atoms with E-state index in [1.807, 2.05) is 17.0 Å². The van der Waals surface area contributed by atoms with Crippen LogP contribution in [0.4, 0.5) is 5.69 Å². The van der Waals surface area contributed by atoms with E-state index in [0.29, 0.717) is 35.7 Å². The summed E-state index contributed by atoms with van der Waals surface area (Å²) in [5, 5.41) is 11.0. The molecule has 2 aromatic rings. The summed E-state index contributed by atoms with van der Waals surface area (Å²) < 4.78 is 5.16. The van der Waals surface area contributed by atoms with Crippen molar-refractivity contribution in [2.45, 2.75) is 19.4 Å². The molecule has 2 aromatic carbocycles. The van der Waals surface area contributed by atoms with Crippen LogP contribution in [-0.4, -0.2) is 46.7 Å². The van der Waals surface area contributed by atoms with Crippen molar-refractivity contribution in [1.82, 2.24) is 9.80 Å². The Morgan fingerprint density at radius 3 is 2.17 bits per heavy atom. The fourth-order valence-corrected chi connectivity index (χ4v) is 3.86. The van der Waals surface area contributed by atoms with Gasteiger partial charge in [-0.2, -0.15) is 0 Å². The molecule has 0 aromatic heterocycles. The Labute approximate surface area is 173 Å². The third kappa shape index (κ3) is 3.52. The molecular weight excluding hydrogens is 386 g/mol. The highest BCUT2D eigenvalue weighted by Gasteiger charge is 2.42. The molecule has 30 heavy (non-hydrogen) atoms. The van der Waals surface area contributed by atoms with Crippen LogP contribution in [0.25, 0.3) is 5.57 Å². The molecular formula is C22H21N3O5. The van der Waals surface area contributed by atoms with Crippen molar-refractivity contribution >= 4 is 23.1 Å². The van der Waals surface area contributed by atoms with Crippen LogP contribution in [0.15, 0.2) is 54.2 Å². The molecule has 8 nitrogen and oxygen atoms in total. The molecule has 0 unspecified atom stereocenters. The molecule has 2 aliphatic rings. The minimum atomic E-state index is -0.489. The largest absolute Gasteiger partial charge is 0.497 e. The summed E-state index contributed by atoms with van der Waals surface area (Å²) in [7, 11) is 1.57. The van der Waals surface area contributed by atoms with E-state index in [0.717, 1.165) is 18.4 Å². The normalized spacial score (nSPS) is 16.6. The van der Waals surface area contributed by atoms with Gasteiger partial charge in [-0.05, 0) is 48.2 Å². The molecule has 0 aliphatic carbocycles.